The third-order valence-corrected chi connectivity index (χ3v) is 3.83. The minimum Gasteiger partial charge on any atom is -0.369 e. The lowest BCUT2D eigenvalue weighted by molar-refractivity contribution is 0.0951. The van der Waals surface area contributed by atoms with E-state index in [-0.39, 0.29) is 30.7 Å². The molecule has 1 aromatic rings. The fraction of sp³-hybridized carbons (Fsp3) is 0.533. The normalized spacial score (nSPS) is 17.5. The number of carbonyl (C=O) groups excluding carboxylic acids is 1. The van der Waals surface area contributed by atoms with Crippen molar-refractivity contribution in [2.75, 3.05) is 31.1 Å². The van der Waals surface area contributed by atoms with Gasteiger partial charge < -0.3 is 15.5 Å². The second-order valence-corrected chi connectivity index (χ2v) is 5.49. The van der Waals surface area contributed by atoms with Crippen LogP contribution in [0.15, 0.2) is 18.2 Å². The van der Waals surface area contributed by atoms with Crippen molar-refractivity contribution in [1.82, 2.24) is 10.6 Å². The molecule has 2 N–H and O–H groups in total. The third-order valence-electron chi connectivity index (χ3n) is 3.83. The lowest BCUT2D eigenvalue weighted by Crippen LogP contribution is -2.43. The summed E-state index contributed by atoms with van der Waals surface area (Å²) in [7, 11) is 0. The number of anilines is 1. The van der Waals surface area contributed by atoms with Gasteiger partial charge in [-0.25, -0.2) is 0 Å². The van der Waals surface area contributed by atoms with E-state index in [9.17, 15) is 4.79 Å². The van der Waals surface area contributed by atoms with Crippen LogP contribution in [0.5, 0.6) is 0 Å². The molecule has 0 atom stereocenters. The highest BCUT2D eigenvalue weighted by Gasteiger charge is 2.24. The molecule has 0 aromatic heterocycles. The summed E-state index contributed by atoms with van der Waals surface area (Å²) in [6.07, 6.45) is 2.26. The minimum absolute atomic E-state index is 0. The van der Waals surface area contributed by atoms with Gasteiger partial charge in [-0.05, 0) is 43.5 Å². The highest BCUT2D eigenvalue weighted by atomic mass is 35.5. The van der Waals surface area contributed by atoms with Gasteiger partial charge in [-0.15, -0.1) is 24.8 Å². The van der Waals surface area contributed by atoms with Gasteiger partial charge in [0.25, 0.3) is 5.91 Å². The van der Waals surface area contributed by atoms with E-state index in [1.54, 1.807) is 0 Å². The minimum atomic E-state index is 0. The van der Waals surface area contributed by atoms with Gasteiger partial charge in [-0.3, -0.25) is 4.79 Å². The number of aryl methyl sites for hydroxylation is 1. The first-order valence-electron chi connectivity index (χ1n) is 7.11. The molecule has 0 spiro atoms. The molecule has 21 heavy (non-hydrogen) atoms. The smallest absolute Gasteiger partial charge is 0.251 e. The fourth-order valence-electron chi connectivity index (χ4n) is 2.55. The zero-order valence-corrected chi connectivity index (χ0v) is 13.9. The first-order valence-corrected chi connectivity index (χ1v) is 7.11. The highest BCUT2D eigenvalue weighted by Crippen LogP contribution is 2.23. The maximum Gasteiger partial charge on any atom is 0.251 e. The number of benzene rings is 1. The van der Waals surface area contributed by atoms with Crippen LogP contribution in [-0.2, 0) is 0 Å². The Kier molecular flexibility index (Phi) is 6.78. The van der Waals surface area contributed by atoms with Crippen LogP contribution < -0.4 is 15.5 Å². The van der Waals surface area contributed by atoms with E-state index in [0.717, 1.165) is 44.6 Å². The van der Waals surface area contributed by atoms with E-state index in [2.05, 4.69) is 28.5 Å². The summed E-state index contributed by atoms with van der Waals surface area (Å²) in [5, 5.41) is 6.39. The number of halogens is 2. The van der Waals surface area contributed by atoms with E-state index in [1.807, 2.05) is 12.1 Å². The summed E-state index contributed by atoms with van der Waals surface area (Å²) in [6, 6.07) is 6.46. The Morgan fingerprint density at radius 2 is 1.90 bits per heavy atom. The van der Waals surface area contributed by atoms with Gasteiger partial charge in [0.2, 0.25) is 0 Å². The molecule has 3 rings (SSSR count). The number of hydrogen-bond donors (Lipinski definition) is 2. The Labute approximate surface area is 138 Å². The molecule has 2 fully saturated rings. The van der Waals surface area contributed by atoms with Crippen LogP contribution in [0.25, 0.3) is 0 Å². The first kappa shape index (κ1) is 18.1. The first-order chi connectivity index (χ1) is 9.24. The number of rotatable bonds is 3. The van der Waals surface area contributed by atoms with Crippen LogP contribution in [0.3, 0.4) is 0 Å². The van der Waals surface area contributed by atoms with E-state index in [4.69, 9.17) is 0 Å². The average Bonchev–Trinajstić information content (AvgIpc) is 3.23. The van der Waals surface area contributed by atoms with Crippen LogP contribution >= 0.6 is 24.8 Å². The Bertz CT molecular complexity index is 486. The van der Waals surface area contributed by atoms with E-state index in [1.165, 1.54) is 11.3 Å². The van der Waals surface area contributed by atoms with Crippen molar-refractivity contribution in [3.8, 4) is 0 Å². The largest absolute Gasteiger partial charge is 0.369 e. The lowest BCUT2D eigenvalue weighted by atomic mass is 10.1. The van der Waals surface area contributed by atoms with Crippen LogP contribution in [0.4, 0.5) is 5.69 Å². The average molecular weight is 332 g/mol. The second kappa shape index (κ2) is 7.87. The number of carbonyl (C=O) groups is 1. The predicted octanol–water partition coefficient (Wildman–Crippen LogP) is 2.14. The quantitative estimate of drug-likeness (QED) is 0.891. The van der Waals surface area contributed by atoms with Crippen LogP contribution in [-0.4, -0.2) is 38.1 Å². The number of piperazine rings is 1. The Balaban J connectivity index is 0.00000110. The molecule has 1 amide bonds. The van der Waals surface area contributed by atoms with Gasteiger partial charge in [-0.1, -0.05) is 0 Å². The van der Waals surface area contributed by atoms with Gasteiger partial charge >= 0.3 is 0 Å². The molecule has 1 heterocycles. The summed E-state index contributed by atoms with van der Waals surface area (Å²) in [5.41, 5.74) is 3.22. The molecule has 0 bridgehead atoms. The third kappa shape index (κ3) is 4.50. The highest BCUT2D eigenvalue weighted by molar-refractivity contribution is 5.95. The molecular formula is C15H23Cl2N3O. The molecular weight excluding hydrogens is 309 g/mol. The summed E-state index contributed by atoms with van der Waals surface area (Å²) in [4.78, 5) is 14.4. The molecule has 1 aliphatic heterocycles. The summed E-state index contributed by atoms with van der Waals surface area (Å²) >= 11 is 0. The molecule has 0 unspecified atom stereocenters. The molecule has 1 saturated carbocycles. The topological polar surface area (TPSA) is 44.4 Å². The zero-order chi connectivity index (χ0) is 13.2. The number of nitrogens with zero attached hydrogens (tertiary/aromatic N) is 1. The Morgan fingerprint density at radius 3 is 2.48 bits per heavy atom. The van der Waals surface area contributed by atoms with E-state index >= 15 is 0 Å². The molecule has 0 radical (unpaired) electrons. The molecule has 2 aliphatic rings. The summed E-state index contributed by atoms with van der Waals surface area (Å²) < 4.78 is 0. The maximum atomic E-state index is 12.0. The van der Waals surface area contributed by atoms with Crippen molar-refractivity contribution in [2.24, 2.45) is 0 Å². The van der Waals surface area contributed by atoms with Crippen molar-refractivity contribution in [3.05, 3.63) is 29.3 Å². The maximum absolute atomic E-state index is 12.0. The standard InChI is InChI=1S/C15H21N3O.2ClH/c1-11-10-12(15(19)17-13-3-4-13)2-5-14(11)18-8-6-16-7-9-18;;/h2,5,10,13,16H,3-4,6-9H2,1H3,(H,17,19);2*1H. The van der Waals surface area contributed by atoms with Crippen LogP contribution in [0.1, 0.15) is 28.8 Å². The predicted molar refractivity (Wildman–Crippen MR) is 91.2 cm³/mol. The second-order valence-electron chi connectivity index (χ2n) is 5.49. The van der Waals surface area contributed by atoms with Gasteiger partial charge in [0.05, 0.1) is 0 Å². The van der Waals surface area contributed by atoms with Crippen molar-refractivity contribution >= 4 is 36.4 Å². The van der Waals surface area contributed by atoms with Gasteiger partial charge in [0.1, 0.15) is 0 Å². The lowest BCUT2D eigenvalue weighted by Gasteiger charge is -2.30. The van der Waals surface area contributed by atoms with Gasteiger partial charge in [0, 0.05) is 43.5 Å². The van der Waals surface area contributed by atoms with Crippen LogP contribution in [0, 0.1) is 6.92 Å². The van der Waals surface area contributed by atoms with Crippen molar-refractivity contribution in [2.45, 2.75) is 25.8 Å². The Hall–Kier alpha value is -0.970. The van der Waals surface area contributed by atoms with E-state index in [0.29, 0.717) is 6.04 Å². The van der Waals surface area contributed by atoms with Crippen molar-refractivity contribution in [3.63, 3.8) is 0 Å². The molecule has 4 nitrogen and oxygen atoms in total. The summed E-state index contributed by atoms with van der Waals surface area (Å²) in [6.45, 7) is 6.22. The van der Waals surface area contributed by atoms with Crippen molar-refractivity contribution < 1.29 is 4.79 Å². The zero-order valence-electron chi connectivity index (χ0n) is 12.2. The Morgan fingerprint density at radius 1 is 1.24 bits per heavy atom. The molecule has 6 heteroatoms. The van der Waals surface area contributed by atoms with Gasteiger partial charge in [-0.2, -0.15) is 0 Å². The number of hydrogen-bond acceptors (Lipinski definition) is 3. The fourth-order valence-corrected chi connectivity index (χ4v) is 2.55. The summed E-state index contributed by atoms with van der Waals surface area (Å²) in [5.74, 6) is 0.0671. The van der Waals surface area contributed by atoms with E-state index < -0.39 is 0 Å². The van der Waals surface area contributed by atoms with Gasteiger partial charge in [0.15, 0.2) is 0 Å². The number of nitrogens with one attached hydrogen (secondary N) is 2. The SMILES string of the molecule is Cc1cc(C(=O)NC2CC2)ccc1N1CCNCC1.Cl.Cl. The van der Waals surface area contributed by atoms with Crippen LogP contribution in [0.2, 0.25) is 0 Å². The van der Waals surface area contributed by atoms with Crippen molar-refractivity contribution in [1.29, 1.82) is 0 Å². The number of amides is 1. The molecule has 1 saturated heterocycles. The molecule has 118 valence electrons. The molecule has 1 aromatic carbocycles. The molecule has 1 aliphatic carbocycles. The monoisotopic (exact) mass is 331 g/mol.